The van der Waals surface area contributed by atoms with Gasteiger partial charge in [0.25, 0.3) is 11.5 Å². The first-order chi connectivity index (χ1) is 13.8. The summed E-state index contributed by atoms with van der Waals surface area (Å²) in [5.41, 5.74) is -1.33. The quantitative estimate of drug-likeness (QED) is 0.680. The number of pyridine rings is 1. The minimum Gasteiger partial charge on any atom is -0.497 e. The number of aromatic amines is 1. The summed E-state index contributed by atoms with van der Waals surface area (Å²) in [5.74, 6) is -0.221. The van der Waals surface area contributed by atoms with Gasteiger partial charge in [0.2, 0.25) is 0 Å². The van der Waals surface area contributed by atoms with E-state index in [0.29, 0.717) is 17.4 Å². The Kier molecular flexibility index (Phi) is 5.72. The molecule has 29 heavy (non-hydrogen) atoms. The average molecular weight is 402 g/mol. The molecule has 3 aromatic rings. The van der Waals surface area contributed by atoms with Crippen molar-refractivity contribution in [3.05, 3.63) is 99.5 Å². The number of aromatic nitrogens is 1. The van der Waals surface area contributed by atoms with Crippen LogP contribution in [-0.4, -0.2) is 18.0 Å². The van der Waals surface area contributed by atoms with Crippen molar-refractivity contribution >= 4 is 5.91 Å². The SMILES string of the molecule is COc1cccc(C(NC(=O)c2ccc(C(F)(F)F)[nH]c2=O)c2ccccc2)c1. The topological polar surface area (TPSA) is 71.2 Å². The maximum atomic E-state index is 12.7. The normalized spacial score (nSPS) is 12.3. The lowest BCUT2D eigenvalue weighted by molar-refractivity contribution is -0.141. The molecule has 0 radical (unpaired) electrons. The number of hydrogen-bond donors (Lipinski definition) is 2. The van der Waals surface area contributed by atoms with E-state index in [1.807, 2.05) is 6.07 Å². The van der Waals surface area contributed by atoms with E-state index in [2.05, 4.69) is 5.32 Å². The highest BCUT2D eigenvalue weighted by Gasteiger charge is 2.32. The summed E-state index contributed by atoms with van der Waals surface area (Å²) in [6, 6.07) is 16.9. The van der Waals surface area contributed by atoms with Crippen LogP contribution in [-0.2, 0) is 6.18 Å². The number of methoxy groups -OCH3 is 1. The first kappa shape index (κ1) is 20.2. The second kappa shape index (κ2) is 8.22. The second-order valence-electron chi connectivity index (χ2n) is 6.21. The fourth-order valence-electron chi connectivity index (χ4n) is 2.85. The van der Waals surface area contributed by atoms with Crippen molar-refractivity contribution in [2.75, 3.05) is 7.11 Å². The Balaban J connectivity index is 1.96. The van der Waals surface area contributed by atoms with Crippen LogP contribution >= 0.6 is 0 Å². The number of carbonyl (C=O) groups excluding carboxylic acids is 1. The number of amides is 1. The Morgan fingerprint density at radius 1 is 1.00 bits per heavy atom. The minimum atomic E-state index is -4.71. The van der Waals surface area contributed by atoms with Crippen molar-refractivity contribution < 1.29 is 22.7 Å². The summed E-state index contributed by atoms with van der Waals surface area (Å²) in [6.45, 7) is 0. The molecule has 150 valence electrons. The molecular weight excluding hydrogens is 385 g/mol. The molecule has 1 amide bonds. The van der Waals surface area contributed by atoms with Gasteiger partial charge in [-0.25, -0.2) is 0 Å². The molecule has 1 atom stereocenters. The zero-order valence-electron chi connectivity index (χ0n) is 15.3. The maximum absolute atomic E-state index is 12.7. The number of nitrogens with one attached hydrogen (secondary N) is 2. The van der Waals surface area contributed by atoms with E-state index >= 15 is 0 Å². The number of rotatable bonds is 5. The van der Waals surface area contributed by atoms with Gasteiger partial charge in [-0.3, -0.25) is 9.59 Å². The van der Waals surface area contributed by atoms with Crippen LogP contribution in [0.3, 0.4) is 0 Å². The van der Waals surface area contributed by atoms with E-state index in [-0.39, 0.29) is 0 Å². The third-order valence-electron chi connectivity index (χ3n) is 4.29. The average Bonchev–Trinajstić information content (AvgIpc) is 2.71. The molecule has 1 heterocycles. The maximum Gasteiger partial charge on any atom is 0.431 e. The monoisotopic (exact) mass is 402 g/mol. The molecule has 8 heteroatoms. The Morgan fingerprint density at radius 2 is 1.69 bits per heavy atom. The zero-order chi connectivity index (χ0) is 21.0. The van der Waals surface area contributed by atoms with Crippen molar-refractivity contribution in [3.8, 4) is 5.75 Å². The van der Waals surface area contributed by atoms with Crippen LogP contribution in [0.4, 0.5) is 13.2 Å². The van der Waals surface area contributed by atoms with E-state index in [1.165, 1.54) is 7.11 Å². The number of ether oxygens (including phenoxy) is 1. The number of carbonyl (C=O) groups is 1. The van der Waals surface area contributed by atoms with E-state index < -0.39 is 34.9 Å². The fourth-order valence-corrected chi connectivity index (χ4v) is 2.85. The Morgan fingerprint density at radius 3 is 2.31 bits per heavy atom. The molecular formula is C21H17F3N2O3. The molecule has 0 spiro atoms. The molecule has 0 saturated carbocycles. The molecule has 3 rings (SSSR count). The van der Waals surface area contributed by atoms with Gasteiger partial charge < -0.3 is 15.0 Å². The van der Waals surface area contributed by atoms with E-state index in [4.69, 9.17) is 4.74 Å². The number of halogens is 3. The number of H-pyrrole nitrogens is 1. The fraction of sp³-hybridized carbons (Fsp3) is 0.143. The third-order valence-corrected chi connectivity index (χ3v) is 4.29. The number of benzene rings is 2. The van der Waals surface area contributed by atoms with Gasteiger partial charge in [0, 0.05) is 0 Å². The van der Waals surface area contributed by atoms with Gasteiger partial charge in [-0.1, -0.05) is 42.5 Å². The molecule has 0 fully saturated rings. The Hall–Kier alpha value is -3.55. The van der Waals surface area contributed by atoms with Crippen LogP contribution in [0.5, 0.6) is 5.75 Å². The van der Waals surface area contributed by atoms with Gasteiger partial charge in [0.15, 0.2) is 0 Å². The molecule has 0 aliphatic heterocycles. The Labute approximate surface area is 164 Å². The summed E-state index contributed by atoms with van der Waals surface area (Å²) in [5, 5.41) is 2.72. The summed E-state index contributed by atoms with van der Waals surface area (Å²) in [6.07, 6.45) is -4.71. The van der Waals surface area contributed by atoms with Crippen LogP contribution in [0, 0.1) is 0 Å². The number of hydrogen-bond acceptors (Lipinski definition) is 3. The molecule has 0 bridgehead atoms. The van der Waals surface area contributed by atoms with E-state index in [0.717, 1.165) is 11.6 Å². The molecule has 1 aromatic heterocycles. The van der Waals surface area contributed by atoms with Crippen molar-refractivity contribution in [1.82, 2.24) is 10.3 Å². The molecule has 5 nitrogen and oxygen atoms in total. The zero-order valence-corrected chi connectivity index (χ0v) is 15.3. The van der Waals surface area contributed by atoms with E-state index in [1.54, 1.807) is 53.5 Å². The van der Waals surface area contributed by atoms with Gasteiger partial charge in [0.05, 0.1) is 13.2 Å². The lowest BCUT2D eigenvalue weighted by atomic mass is 9.98. The summed E-state index contributed by atoms with van der Waals surface area (Å²) in [7, 11) is 1.51. The predicted octanol–water partition coefficient (Wildman–Crippen LogP) is 3.92. The molecule has 0 aliphatic carbocycles. The summed E-state index contributed by atoms with van der Waals surface area (Å²) >= 11 is 0. The second-order valence-corrected chi connectivity index (χ2v) is 6.21. The molecule has 1 unspecified atom stereocenters. The highest BCUT2D eigenvalue weighted by atomic mass is 19.4. The minimum absolute atomic E-state index is 0.415. The van der Waals surface area contributed by atoms with Crippen molar-refractivity contribution in [1.29, 1.82) is 0 Å². The van der Waals surface area contributed by atoms with Crippen molar-refractivity contribution in [2.45, 2.75) is 12.2 Å². The first-order valence-corrected chi connectivity index (χ1v) is 8.60. The van der Waals surface area contributed by atoms with Crippen LogP contribution < -0.4 is 15.6 Å². The van der Waals surface area contributed by atoms with Gasteiger partial charge in [-0.05, 0) is 35.4 Å². The lowest BCUT2D eigenvalue weighted by Gasteiger charge is -2.20. The predicted molar refractivity (Wildman–Crippen MR) is 101 cm³/mol. The van der Waals surface area contributed by atoms with Crippen LogP contribution in [0.1, 0.15) is 33.2 Å². The molecule has 0 aliphatic rings. The van der Waals surface area contributed by atoms with Gasteiger partial charge in [-0.15, -0.1) is 0 Å². The highest BCUT2D eigenvalue weighted by Crippen LogP contribution is 2.27. The first-order valence-electron chi connectivity index (χ1n) is 8.60. The van der Waals surface area contributed by atoms with Crippen molar-refractivity contribution in [3.63, 3.8) is 0 Å². The standard InChI is InChI=1S/C21H17F3N2O3/c1-29-15-9-5-8-14(12-15)18(13-6-3-2-4-7-13)26-20(28)16-10-11-17(21(22,23)24)25-19(16)27/h2-12,18H,1H3,(H,25,27)(H,26,28). The lowest BCUT2D eigenvalue weighted by Crippen LogP contribution is -2.34. The smallest absolute Gasteiger partial charge is 0.431 e. The summed E-state index contributed by atoms with van der Waals surface area (Å²) in [4.78, 5) is 26.4. The van der Waals surface area contributed by atoms with Crippen LogP contribution in [0.15, 0.2) is 71.5 Å². The third kappa shape index (κ3) is 4.66. The van der Waals surface area contributed by atoms with Gasteiger partial charge in [0.1, 0.15) is 17.0 Å². The number of alkyl halides is 3. The molecule has 0 saturated heterocycles. The largest absolute Gasteiger partial charge is 0.497 e. The summed E-state index contributed by atoms with van der Waals surface area (Å²) < 4.78 is 43.4. The van der Waals surface area contributed by atoms with E-state index in [9.17, 15) is 22.8 Å². The van der Waals surface area contributed by atoms with Gasteiger partial charge in [-0.2, -0.15) is 13.2 Å². The molecule has 2 N–H and O–H groups in total. The van der Waals surface area contributed by atoms with Crippen LogP contribution in [0.25, 0.3) is 0 Å². The molecule has 2 aromatic carbocycles. The Bertz CT molecular complexity index is 1060. The highest BCUT2D eigenvalue weighted by molar-refractivity contribution is 5.94. The van der Waals surface area contributed by atoms with Gasteiger partial charge >= 0.3 is 6.18 Å². The van der Waals surface area contributed by atoms with Crippen LogP contribution in [0.2, 0.25) is 0 Å². The van der Waals surface area contributed by atoms with Crippen molar-refractivity contribution in [2.24, 2.45) is 0 Å².